The maximum atomic E-state index is 13.0. The molecule has 1 N–H and O–H groups in total. The third-order valence-electron chi connectivity index (χ3n) is 5.47. The van der Waals surface area contributed by atoms with Gasteiger partial charge in [0.05, 0.1) is 17.4 Å². The quantitative estimate of drug-likeness (QED) is 0.473. The Kier molecular flexibility index (Phi) is 9.15. The number of benzene rings is 1. The summed E-state index contributed by atoms with van der Waals surface area (Å²) in [4.78, 5) is 38.0. The fourth-order valence-electron chi connectivity index (χ4n) is 3.72. The van der Waals surface area contributed by atoms with E-state index in [0.717, 1.165) is 16.5 Å². The van der Waals surface area contributed by atoms with Crippen LogP contribution in [-0.4, -0.2) is 30.3 Å². The third kappa shape index (κ3) is 5.39. The fraction of sp³-hybridized carbons (Fsp3) is 0.360. The SMILES string of the molecule is CCCC.CCn1c(=O)c2cnccc2n(Cc2cn(C)c3cccc(C)c23)c1=O.O=CO. The lowest BCUT2D eigenvalue weighted by Crippen LogP contribution is -2.39. The molecule has 3 aromatic heterocycles. The first kappa shape index (κ1) is 25.6. The molecule has 0 aliphatic rings. The standard InChI is InChI=1S/C20H20N4O2.C4H10.CH2O2/c1-4-23-19(25)15-10-21-9-8-16(15)24(20(23)26)12-14-11-22(3)17-7-5-6-13(2)18(14)17;1-3-4-2;2-1-3/h5-11H,4,12H2,1-3H3;3-4H2,1-2H3;1H,(H,2,3). The Labute approximate surface area is 192 Å². The topological polar surface area (TPSA) is 99.1 Å². The number of hydrogen-bond acceptors (Lipinski definition) is 4. The molecule has 0 amide bonds. The van der Waals surface area contributed by atoms with Crippen LogP contribution in [0.4, 0.5) is 0 Å². The monoisotopic (exact) mass is 452 g/mol. The molecule has 0 spiro atoms. The molecule has 0 unspecified atom stereocenters. The van der Waals surface area contributed by atoms with E-state index in [-0.39, 0.29) is 17.7 Å². The summed E-state index contributed by atoms with van der Waals surface area (Å²) >= 11 is 0. The van der Waals surface area contributed by atoms with Gasteiger partial charge >= 0.3 is 5.69 Å². The Morgan fingerprint density at radius 1 is 1.03 bits per heavy atom. The van der Waals surface area contributed by atoms with Gasteiger partial charge < -0.3 is 9.67 Å². The van der Waals surface area contributed by atoms with Gasteiger partial charge in [-0.05, 0) is 37.1 Å². The van der Waals surface area contributed by atoms with Gasteiger partial charge in [-0.2, -0.15) is 0 Å². The van der Waals surface area contributed by atoms with Crippen molar-refractivity contribution in [2.45, 2.75) is 53.6 Å². The van der Waals surface area contributed by atoms with E-state index >= 15 is 0 Å². The van der Waals surface area contributed by atoms with E-state index in [1.54, 1.807) is 23.8 Å². The number of unbranched alkanes of at least 4 members (excludes halogenated alkanes) is 1. The highest BCUT2D eigenvalue weighted by Crippen LogP contribution is 2.25. The van der Waals surface area contributed by atoms with Gasteiger partial charge in [-0.25, -0.2) is 4.79 Å². The molecule has 4 rings (SSSR count). The molecule has 33 heavy (non-hydrogen) atoms. The predicted molar refractivity (Wildman–Crippen MR) is 132 cm³/mol. The first-order chi connectivity index (χ1) is 15.9. The minimum absolute atomic E-state index is 0.250. The second-order valence-electron chi connectivity index (χ2n) is 7.65. The molecule has 0 fully saturated rings. The third-order valence-corrected chi connectivity index (χ3v) is 5.47. The molecule has 0 saturated heterocycles. The molecule has 1 aromatic carbocycles. The zero-order valence-corrected chi connectivity index (χ0v) is 19.9. The Bertz CT molecular complexity index is 1350. The largest absolute Gasteiger partial charge is 0.483 e. The zero-order valence-electron chi connectivity index (χ0n) is 19.9. The molecule has 3 heterocycles. The summed E-state index contributed by atoms with van der Waals surface area (Å²) in [6.45, 7) is 8.72. The van der Waals surface area contributed by atoms with Crippen LogP contribution >= 0.6 is 0 Å². The number of carbonyl (C=O) groups is 1. The second-order valence-corrected chi connectivity index (χ2v) is 7.65. The van der Waals surface area contributed by atoms with Gasteiger partial charge in [0.25, 0.3) is 12.0 Å². The maximum Gasteiger partial charge on any atom is 0.331 e. The molecule has 8 nitrogen and oxygen atoms in total. The highest BCUT2D eigenvalue weighted by atomic mass is 16.3. The van der Waals surface area contributed by atoms with Crippen LogP contribution in [0.3, 0.4) is 0 Å². The molecular formula is C25H32N4O4. The highest BCUT2D eigenvalue weighted by Gasteiger charge is 2.15. The van der Waals surface area contributed by atoms with Gasteiger partial charge in [-0.1, -0.05) is 38.8 Å². The average molecular weight is 453 g/mol. The van der Waals surface area contributed by atoms with Crippen LogP contribution in [-0.2, 0) is 24.9 Å². The molecule has 0 aliphatic carbocycles. The van der Waals surface area contributed by atoms with Crippen molar-refractivity contribution in [2.75, 3.05) is 0 Å². The van der Waals surface area contributed by atoms with Crippen LogP contribution in [0.25, 0.3) is 21.8 Å². The molecule has 4 aromatic rings. The number of fused-ring (bicyclic) bond motifs is 2. The summed E-state index contributed by atoms with van der Waals surface area (Å²) < 4.78 is 5.01. The Balaban J connectivity index is 0.000000489. The van der Waals surface area contributed by atoms with Gasteiger partial charge in [0.2, 0.25) is 0 Å². The molecular weight excluding hydrogens is 420 g/mol. The number of aromatic nitrogens is 4. The number of aryl methyl sites for hydroxylation is 2. The first-order valence-electron chi connectivity index (χ1n) is 11.0. The number of carboxylic acid groups (broad SMARTS) is 1. The van der Waals surface area contributed by atoms with Crippen molar-refractivity contribution in [3.05, 3.63) is 74.8 Å². The van der Waals surface area contributed by atoms with Crippen LogP contribution in [0.2, 0.25) is 0 Å². The smallest absolute Gasteiger partial charge is 0.331 e. The predicted octanol–water partition coefficient (Wildman–Crippen LogP) is 3.93. The van der Waals surface area contributed by atoms with E-state index in [4.69, 9.17) is 9.90 Å². The first-order valence-corrected chi connectivity index (χ1v) is 11.0. The van der Waals surface area contributed by atoms with E-state index in [1.807, 2.05) is 13.1 Å². The van der Waals surface area contributed by atoms with Crippen LogP contribution in [0.15, 0.2) is 52.4 Å². The van der Waals surface area contributed by atoms with Crippen LogP contribution in [0, 0.1) is 6.92 Å². The number of nitrogens with zero attached hydrogens (tertiary/aromatic N) is 4. The van der Waals surface area contributed by atoms with E-state index in [0.29, 0.717) is 24.0 Å². The van der Waals surface area contributed by atoms with Crippen molar-refractivity contribution in [2.24, 2.45) is 7.05 Å². The van der Waals surface area contributed by atoms with E-state index in [2.05, 4.69) is 48.7 Å². The van der Waals surface area contributed by atoms with E-state index in [1.165, 1.54) is 29.2 Å². The van der Waals surface area contributed by atoms with E-state index in [9.17, 15) is 9.59 Å². The normalized spacial score (nSPS) is 10.3. The van der Waals surface area contributed by atoms with Crippen molar-refractivity contribution in [3.8, 4) is 0 Å². The van der Waals surface area contributed by atoms with Crippen molar-refractivity contribution >= 4 is 28.3 Å². The molecule has 0 radical (unpaired) electrons. The molecule has 176 valence electrons. The molecule has 0 saturated carbocycles. The number of hydrogen-bond donors (Lipinski definition) is 1. The summed E-state index contributed by atoms with van der Waals surface area (Å²) in [5.41, 5.74) is 3.39. The minimum atomic E-state index is -0.290. The second kappa shape index (κ2) is 11.8. The molecule has 0 aliphatic heterocycles. The number of pyridine rings is 1. The summed E-state index contributed by atoms with van der Waals surface area (Å²) in [5, 5.41) is 8.50. The van der Waals surface area contributed by atoms with Crippen molar-refractivity contribution in [1.82, 2.24) is 18.7 Å². The van der Waals surface area contributed by atoms with Gasteiger partial charge in [-0.3, -0.25) is 23.7 Å². The lowest BCUT2D eigenvalue weighted by atomic mass is 10.1. The van der Waals surface area contributed by atoms with Crippen molar-refractivity contribution < 1.29 is 9.90 Å². The van der Waals surface area contributed by atoms with E-state index < -0.39 is 0 Å². The summed E-state index contributed by atoms with van der Waals surface area (Å²) in [6, 6.07) is 7.91. The van der Waals surface area contributed by atoms with Crippen molar-refractivity contribution in [1.29, 1.82) is 0 Å². The van der Waals surface area contributed by atoms with Crippen LogP contribution in [0.5, 0.6) is 0 Å². The molecule has 0 bridgehead atoms. The Hall–Kier alpha value is -3.68. The van der Waals surface area contributed by atoms with Crippen molar-refractivity contribution in [3.63, 3.8) is 0 Å². The molecule has 8 heteroatoms. The van der Waals surface area contributed by atoms with Gasteiger partial charge in [0.15, 0.2) is 0 Å². The Morgan fingerprint density at radius 2 is 1.70 bits per heavy atom. The fourth-order valence-corrected chi connectivity index (χ4v) is 3.72. The van der Waals surface area contributed by atoms with Gasteiger partial charge in [0.1, 0.15) is 0 Å². The lowest BCUT2D eigenvalue weighted by Gasteiger charge is -2.13. The zero-order chi connectivity index (χ0) is 24.5. The molecule has 0 atom stereocenters. The minimum Gasteiger partial charge on any atom is -0.483 e. The average Bonchev–Trinajstić information content (AvgIpc) is 3.14. The maximum absolute atomic E-state index is 13.0. The number of rotatable bonds is 4. The summed E-state index contributed by atoms with van der Waals surface area (Å²) in [7, 11) is 2.00. The summed E-state index contributed by atoms with van der Waals surface area (Å²) in [5.74, 6) is 0. The van der Waals surface area contributed by atoms with Gasteiger partial charge in [0, 0.05) is 43.1 Å². The van der Waals surface area contributed by atoms with Crippen LogP contribution in [0.1, 0.15) is 44.7 Å². The van der Waals surface area contributed by atoms with Gasteiger partial charge in [-0.15, -0.1) is 0 Å². The Morgan fingerprint density at radius 3 is 2.30 bits per heavy atom. The highest BCUT2D eigenvalue weighted by molar-refractivity contribution is 5.87. The summed E-state index contributed by atoms with van der Waals surface area (Å²) in [6.07, 6.45) is 7.84. The van der Waals surface area contributed by atoms with Crippen LogP contribution < -0.4 is 11.2 Å². The lowest BCUT2D eigenvalue weighted by molar-refractivity contribution is -0.122.